The van der Waals surface area contributed by atoms with Crippen LogP contribution in [0.2, 0.25) is 0 Å². The van der Waals surface area contributed by atoms with Crippen LogP contribution in [0.25, 0.3) is 0 Å². The number of imide groups is 1. The minimum Gasteiger partial charge on any atom is -0.493 e. The van der Waals surface area contributed by atoms with Crippen molar-refractivity contribution in [3.8, 4) is 11.5 Å². The standard InChI is InChI=1S/C22H24N2O7S/c1-5-31-19-11-14(9-10-18(19)30-3)17(12-32(4,28)29)24-21(26)15-7-6-8-16(23-13(2)25)20(15)22(24)27/h6-11,17H,5,12H2,1-4H3,(H,23,25)/t17-/m0/s1/i1D3,5D2. The number of nitrogens with one attached hydrogen (secondary N) is 1. The van der Waals surface area contributed by atoms with Crippen molar-refractivity contribution in [2.45, 2.75) is 19.8 Å². The maximum absolute atomic E-state index is 13.4. The third kappa shape index (κ3) is 4.59. The molecule has 1 heterocycles. The van der Waals surface area contributed by atoms with E-state index < -0.39 is 52.8 Å². The topological polar surface area (TPSA) is 119 Å². The molecule has 1 atom stereocenters. The highest BCUT2D eigenvalue weighted by Gasteiger charge is 2.43. The van der Waals surface area contributed by atoms with Crippen molar-refractivity contribution in [1.29, 1.82) is 0 Å². The monoisotopic (exact) mass is 465 g/mol. The van der Waals surface area contributed by atoms with Gasteiger partial charge in [-0.3, -0.25) is 19.3 Å². The summed E-state index contributed by atoms with van der Waals surface area (Å²) in [4.78, 5) is 39.1. The number of hydrogen-bond acceptors (Lipinski definition) is 7. The van der Waals surface area contributed by atoms with Gasteiger partial charge in [-0.25, -0.2) is 8.42 Å². The molecule has 0 bridgehead atoms. The molecule has 2 aromatic carbocycles. The van der Waals surface area contributed by atoms with Crippen LogP contribution in [0, 0.1) is 0 Å². The van der Waals surface area contributed by atoms with Gasteiger partial charge < -0.3 is 14.8 Å². The van der Waals surface area contributed by atoms with E-state index in [1.54, 1.807) is 0 Å². The number of sulfone groups is 1. The third-order valence-electron chi connectivity index (χ3n) is 4.76. The Morgan fingerprint density at radius 3 is 2.59 bits per heavy atom. The summed E-state index contributed by atoms with van der Waals surface area (Å²) >= 11 is 0. The smallest absolute Gasteiger partial charge is 0.264 e. The Morgan fingerprint density at radius 2 is 1.97 bits per heavy atom. The largest absolute Gasteiger partial charge is 0.493 e. The summed E-state index contributed by atoms with van der Waals surface area (Å²) in [5.41, 5.74) is -0.0323. The van der Waals surface area contributed by atoms with Gasteiger partial charge in [-0.05, 0) is 36.7 Å². The number of ether oxygens (including phenoxy) is 2. The lowest BCUT2D eigenvalue weighted by atomic mass is 10.1. The molecule has 0 aromatic heterocycles. The second kappa shape index (κ2) is 8.99. The zero-order valence-corrected chi connectivity index (χ0v) is 18.3. The van der Waals surface area contributed by atoms with Gasteiger partial charge in [-0.2, -0.15) is 0 Å². The van der Waals surface area contributed by atoms with E-state index in [4.69, 9.17) is 16.3 Å². The van der Waals surface area contributed by atoms with Gasteiger partial charge in [0.1, 0.15) is 9.84 Å². The predicted molar refractivity (Wildman–Crippen MR) is 118 cm³/mol. The molecule has 0 saturated heterocycles. The molecule has 9 nitrogen and oxygen atoms in total. The summed E-state index contributed by atoms with van der Waals surface area (Å²) < 4.78 is 72.6. The molecule has 2 aromatic rings. The molecular formula is C22H24N2O7S. The van der Waals surface area contributed by atoms with Crippen molar-refractivity contribution in [3.63, 3.8) is 0 Å². The first-order valence-electron chi connectivity index (χ1n) is 11.8. The number of methoxy groups -OCH3 is 1. The zero-order chi connectivity index (χ0) is 27.9. The molecule has 0 saturated carbocycles. The fraction of sp³-hybridized carbons (Fsp3) is 0.318. The van der Waals surface area contributed by atoms with E-state index in [-0.39, 0.29) is 33.9 Å². The Balaban J connectivity index is 2.15. The van der Waals surface area contributed by atoms with Gasteiger partial charge in [0.2, 0.25) is 5.91 Å². The number of nitrogens with zero attached hydrogens (tertiary/aromatic N) is 1. The molecule has 10 heteroatoms. The van der Waals surface area contributed by atoms with E-state index in [9.17, 15) is 22.8 Å². The second-order valence-electron chi connectivity index (χ2n) is 7.11. The first-order chi connectivity index (χ1) is 17.0. The number of fused-ring (bicyclic) bond motifs is 1. The summed E-state index contributed by atoms with van der Waals surface area (Å²) in [6.07, 6.45) is 0.912. The summed E-state index contributed by atoms with van der Waals surface area (Å²) in [6, 6.07) is 6.60. The van der Waals surface area contributed by atoms with Crippen molar-refractivity contribution >= 4 is 33.2 Å². The van der Waals surface area contributed by atoms with Gasteiger partial charge in [0.05, 0.1) is 45.0 Å². The van der Waals surface area contributed by atoms with Crippen LogP contribution >= 0.6 is 0 Å². The van der Waals surface area contributed by atoms with Crippen LogP contribution in [-0.2, 0) is 14.6 Å². The van der Waals surface area contributed by atoms with E-state index in [2.05, 4.69) is 5.32 Å². The third-order valence-corrected chi connectivity index (χ3v) is 5.68. The van der Waals surface area contributed by atoms with E-state index in [1.807, 2.05) is 0 Å². The number of benzene rings is 2. The van der Waals surface area contributed by atoms with Crippen molar-refractivity contribution < 1.29 is 39.1 Å². The zero-order valence-electron chi connectivity index (χ0n) is 22.5. The molecule has 1 aliphatic rings. The Hall–Kier alpha value is -3.40. The molecule has 0 radical (unpaired) electrons. The fourth-order valence-electron chi connectivity index (χ4n) is 3.52. The average molecular weight is 466 g/mol. The maximum atomic E-state index is 13.4. The highest BCUT2D eigenvalue weighted by molar-refractivity contribution is 7.90. The molecule has 32 heavy (non-hydrogen) atoms. The Kier molecular flexibility index (Phi) is 4.83. The summed E-state index contributed by atoms with van der Waals surface area (Å²) in [5.74, 6) is -3.29. The van der Waals surface area contributed by atoms with Gasteiger partial charge in [0.15, 0.2) is 11.5 Å². The van der Waals surface area contributed by atoms with Crippen molar-refractivity contribution in [3.05, 3.63) is 53.1 Å². The summed E-state index contributed by atoms with van der Waals surface area (Å²) in [7, 11) is -2.58. The molecule has 170 valence electrons. The number of carbonyl (C=O) groups excluding carboxylic acids is 3. The van der Waals surface area contributed by atoms with E-state index >= 15 is 0 Å². The quantitative estimate of drug-likeness (QED) is 0.595. The van der Waals surface area contributed by atoms with Gasteiger partial charge in [0.25, 0.3) is 11.8 Å². The molecular weight excluding hydrogens is 436 g/mol. The Morgan fingerprint density at radius 1 is 1.22 bits per heavy atom. The highest BCUT2D eigenvalue weighted by atomic mass is 32.2. The summed E-state index contributed by atoms with van der Waals surface area (Å²) in [5, 5.41) is 2.48. The van der Waals surface area contributed by atoms with Crippen LogP contribution in [0.4, 0.5) is 5.69 Å². The molecule has 0 fully saturated rings. The molecule has 1 N–H and O–H groups in total. The van der Waals surface area contributed by atoms with Crippen LogP contribution in [0.5, 0.6) is 11.5 Å². The highest BCUT2D eigenvalue weighted by Crippen LogP contribution is 2.38. The van der Waals surface area contributed by atoms with Crippen LogP contribution in [0.3, 0.4) is 0 Å². The second-order valence-corrected chi connectivity index (χ2v) is 9.30. The number of rotatable bonds is 8. The number of hydrogen-bond donors (Lipinski definition) is 1. The molecule has 3 rings (SSSR count). The van der Waals surface area contributed by atoms with E-state index in [0.29, 0.717) is 0 Å². The van der Waals surface area contributed by atoms with Gasteiger partial charge in [-0.1, -0.05) is 12.1 Å². The molecule has 3 amide bonds. The van der Waals surface area contributed by atoms with Gasteiger partial charge >= 0.3 is 0 Å². The first-order valence-corrected chi connectivity index (χ1v) is 11.4. The SMILES string of the molecule is [2H]C([2H])([2H])C([2H])([2H])Oc1cc([C@H](CS(C)(=O)=O)N2C(=O)c3cccc(NC(C)=O)c3C2=O)ccc1OC. The van der Waals surface area contributed by atoms with Crippen molar-refractivity contribution in [2.75, 3.05) is 31.0 Å². The fourth-order valence-corrected chi connectivity index (χ4v) is 4.44. The van der Waals surface area contributed by atoms with Crippen LogP contribution in [0.1, 0.15) is 53.0 Å². The maximum Gasteiger partial charge on any atom is 0.264 e. The average Bonchev–Trinajstić information content (AvgIpc) is 3.01. The molecule has 1 aliphatic heterocycles. The number of anilines is 1. The van der Waals surface area contributed by atoms with Crippen LogP contribution in [0.15, 0.2) is 36.4 Å². The lowest BCUT2D eigenvalue weighted by Gasteiger charge is -2.27. The van der Waals surface area contributed by atoms with E-state index in [0.717, 1.165) is 17.2 Å². The van der Waals surface area contributed by atoms with Crippen LogP contribution in [-0.4, -0.2) is 56.7 Å². The minimum absolute atomic E-state index is 0.0400. The lowest BCUT2D eigenvalue weighted by Crippen LogP contribution is -2.37. The summed E-state index contributed by atoms with van der Waals surface area (Å²) in [6.45, 7) is -5.10. The predicted octanol–water partition coefficient (Wildman–Crippen LogP) is 2.43. The normalized spacial score (nSPS) is 17.3. The number of amides is 3. The van der Waals surface area contributed by atoms with Crippen LogP contribution < -0.4 is 14.8 Å². The first kappa shape index (κ1) is 17.2. The molecule has 0 spiro atoms. The molecule has 0 unspecified atom stereocenters. The van der Waals surface area contributed by atoms with Crippen molar-refractivity contribution in [1.82, 2.24) is 4.90 Å². The Labute approximate surface area is 193 Å². The molecule has 0 aliphatic carbocycles. The minimum atomic E-state index is -3.81. The Bertz CT molecular complexity index is 1380. The number of carbonyl (C=O) groups is 3. The van der Waals surface area contributed by atoms with E-state index in [1.165, 1.54) is 44.4 Å². The van der Waals surface area contributed by atoms with Gasteiger partial charge in [-0.15, -0.1) is 0 Å². The van der Waals surface area contributed by atoms with Crippen molar-refractivity contribution in [2.24, 2.45) is 0 Å². The lowest BCUT2D eigenvalue weighted by molar-refractivity contribution is -0.114. The van der Waals surface area contributed by atoms with Gasteiger partial charge in [0, 0.05) is 17.3 Å².